The Kier molecular flexibility index (Phi) is 6.45. The van der Waals surface area contributed by atoms with Crippen molar-refractivity contribution in [1.29, 1.82) is 5.26 Å². The highest BCUT2D eigenvalue weighted by molar-refractivity contribution is 5.92. The molecule has 1 unspecified atom stereocenters. The largest absolute Gasteiger partial charge is 0.491 e. The summed E-state index contributed by atoms with van der Waals surface area (Å²) in [6.45, 7) is 2.56. The third-order valence-corrected chi connectivity index (χ3v) is 5.66. The molecule has 4 rings (SSSR count). The molecular formula is C24H21F3N4O3. The molecule has 1 aliphatic heterocycles. The first-order valence-corrected chi connectivity index (χ1v) is 10.5. The summed E-state index contributed by atoms with van der Waals surface area (Å²) >= 11 is 0. The molecular weight excluding hydrogens is 449 g/mol. The van der Waals surface area contributed by atoms with Crippen molar-refractivity contribution in [2.75, 3.05) is 31.1 Å². The maximum Gasteiger partial charge on any atom is 0.417 e. The van der Waals surface area contributed by atoms with Crippen LogP contribution in [0.2, 0.25) is 0 Å². The molecule has 1 fully saturated rings. The summed E-state index contributed by atoms with van der Waals surface area (Å²) in [6.07, 6.45) is -3.46. The van der Waals surface area contributed by atoms with Crippen molar-refractivity contribution in [2.45, 2.75) is 19.1 Å². The number of aromatic nitrogens is 1. The van der Waals surface area contributed by atoms with E-state index in [-0.39, 0.29) is 31.4 Å². The molecule has 1 atom stereocenters. The third-order valence-electron chi connectivity index (χ3n) is 5.66. The summed E-state index contributed by atoms with van der Waals surface area (Å²) in [5.41, 5.74) is -0.647. The predicted molar refractivity (Wildman–Crippen MR) is 116 cm³/mol. The fourth-order valence-electron chi connectivity index (χ4n) is 3.91. The third kappa shape index (κ3) is 4.83. The molecule has 1 aliphatic rings. The molecule has 3 aromatic rings. The monoisotopic (exact) mass is 470 g/mol. The molecule has 176 valence electrons. The van der Waals surface area contributed by atoms with Gasteiger partial charge in [0.2, 0.25) is 5.76 Å². The topological polar surface area (TPSA) is 82.6 Å². The van der Waals surface area contributed by atoms with Gasteiger partial charge in [0.25, 0.3) is 5.91 Å². The van der Waals surface area contributed by atoms with Crippen LogP contribution in [-0.2, 0) is 6.18 Å². The molecule has 0 N–H and O–H groups in total. The van der Waals surface area contributed by atoms with E-state index in [0.717, 1.165) is 6.07 Å². The average Bonchev–Trinajstić information content (AvgIpc) is 3.27. The van der Waals surface area contributed by atoms with E-state index in [0.29, 0.717) is 23.7 Å². The van der Waals surface area contributed by atoms with Crippen LogP contribution < -0.4 is 9.64 Å². The Morgan fingerprint density at radius 3 is 2.65 bits per heavy atom. The normalized spacial score (nSPS) is 16.3. The van der Waals surface area contributed by atoms with Crippen molar-refractivity contribution in [3.05, 3.63) is 77.5 Å². The number of nitriles is 1. The molecule has 0 radical (unpaired) electrons. The van der Waals surface area contributed by atoms with E-state index in [1.807, 2.05) is 18.2 Å². The number of amides is 1. The zero-order valence-electron chi connectivity index (χ0n) is 18.2. The van der Waals surface area contributed by atoms with Crippen LogP contribution in [0, 0.1) is 18.3 Å². The molecule has 1 aromatic heterocycles. The number of ether oxygens (including phenoxy) is 1. The average molecular weight is 470 g/mol. The molecule has 1 saturated heterocycles. The number of carbonyl (C=O) groups excluding carboxylic acids is 1. The first-order chi connectivity index (χ1) is 16.3. The number of piperazine rings is 1. The van der Waals surface area contributed by atoms with Gasteiger partial charge >= 0.3 is 6.18 Å². The van der Waals surface area contributed by atoms with Gasteiger partial charge < -0.3 is 19.0 Å². The Morgan fingerprint density at radius 1 is 1.24 bits per heavy atom. The van der Waals surface area contributed by atoms with Crippen LogP contribution >= 0.6 is 0 Å². The molecule has 0 aliphatic carbocycles. The van der Waals surface area contributed by atoms with Gasteiger partial charge in [0.15, 0.2) is 6.39 Å². The van der Waals surface area contributed by atoms with Crippen molar-refractivity contribution in [1.82, 2.24) is 9.88 Å². The number of rotatable bonds is 5. The van der Waals surface area contributed by atoms with E-state index in [2.05, 4.69) is 4.98 Å². The van der Waals surface area contributed by atoms with Crippen molar-refractivity contribution in [3.8, 4) is 11.8 Å². The summed E-state index contributed by atoms with van der Waals surface area (Å²) in [5, 5.41) is 9.07. The number of alkyl halides is 3. The minimum absolute atomic E-state index is 0.121. The second kappa shape index (κ2) is 9.47. The van der Waals surface area contributed by atoms with Gasteiger partial charge in [-0.25, -0.2) is 4.98 Å². The van der Waals surface area contributed by atoms with E-state index in [4.69, 9.17) is 14.4 Å². The molecule has 2 aromatic carbocycles. The number of carbonyl (C=O) groups is 1. The number of benzene rings is 2. The van der Waals surface area contributed by atoms with Crippen LogP contribution in [0.3, 0.4) is 0 Å². The SMILES string of the molecule is Cc1ncoc1C(=O)N1CCN(c2ccc(C#N)c(C(F)(F)F)c2)CC1COc1ccccc1. The lowest BCUT2D eigenvalue weighted by atomic mass is 10.0. The van der Waals surface area contributed by atoms with E-state index in [1.165, 1.54) is 18.5 Å². The van der Waals surface area contributed by atoms with Gasteiger partial charge in [-0.05, 0) is 37.3 Å². The number of para-hydroxylation sites is 1. The van der Waals surface area contributed by atoms with Gasteiger partial charge in [-0.15, -0.1) is 0 Å². The van der Waals surface area contributed by atoms with Crippen LogP contribution in [0.4, 0.5) is 18.9 Å². The van der Waals surface area contributed by atoms with Crippen LogP contribution in [0.5, 0.6) is 5.75 Å². The van der Waals surface area contributed by atoms with E-state index < -0.39 is 23.3 Å². The van der Waals surface area contributed by atoms with Crippen LogP contribution in [0.1, 0.15) is 27.4 Å². The van der Waals surface area contributed by atoms with E-state index in [9.17, 15) is 18.0 Å². The zero-order chi connectivity index (χ0) is 24.3. The highest BCUT2D eigenvalue weighted by Gasteiger charge is 2.37. The number of nitrogens with zero attached hydrogens (tertiary/aromatic N) is 4. The fourth-order valence-corrected chi connectivity index (χ4v) is 3.91. The highest BCUT2D eigenvalue weighted by Crippen LogP contribution is 2.35. The van der Waals surface area contributed by atoms with Crippen LogP contribution in [0.15, 0.2) is 59.3 Å². The lowest BCUT2D eigenvalue weighted by Crippen LogP contribution is -2.57. The van der Waals surface area contributed by atoms with Crippen molar-refractivity contribution >= 4 is 11.6 Å². The number of halogens is 3. The molecule has 0 spiro atoms. The van der Waals surface area contributed by atoms with Gasteiger partial charge in [-0.2, -0.15) is 18.4 Å². The lowest BCUT2D eigenvalue weighted by molar-refractivity contribution is -0.137. The summed E-state index contributed by atoms with van der Waals surface area (Å²) in [6, 6.07) is 13.8. The van der Waals surface area contributed by atoms with E-state index >= 15 is 0 Å². The number of anilines is 1. The van der Waals surface area contributed by atoms with Gasteiger partial charge in [0.1, 0.15) is 12.4 Å². The molecule has 0 bridgehead atoms. The maximum absolute atomic E-state index is 13.5. The minimum Gasteiger partial charge on any atom is -0.491 e. The Hall–Kier alpha value is -4.00. The summed E-state index contributed by atoms with van der Waals surface area (Å²) in [5.74, 6) is 0.378. The number of hydrogen-bond donors (Lipinski definition) is 0. The predicted octanol–water partition coefficient (Wildman–Crippen LogP) is 4.28. The van der Waals surface area contributed by atoms with E-state index in [1.54, 1.807) is 34.9 Å². The van der Waals surface area contributed by atoms with Crippen molar-refractivity contribution < 1.29 is 27.1 Å². The molecule has 0 saturated carbocycles. The quantitative estimate of drug-likeness (QED) is 0.554. The van der Waals surface area contributed by atoms with Gasteiger partial charge in [0, 0.05) is 25.3 Å². The molecule has 2 heterocycles. The molecule has 1 amide bonds. The fraction of sp³-hybridized carbons (Fsp3) is 0.292. The number of hydrogen-bond acceptors (Lipinski definition) is 6. The van der Waals surface area contributed by atoms with Crippen LogP contribution in [0.25, 0.3) is 0 Å². The Morgan fingerprint density at radius 2 is 2.00 bits per heavy atom. The molecule has 7 nitrogen and oxygen atoms in total. The van der Waals surface area contributed by atoms with Gasteiger partial charge in [-0.3, -0.25) is 4.79 Å². The molecule has 34 heavy (non-hydrogen) atoms. The first kappa shape index (κ1) is 23.2. The Labute approximate surface area is 194 Å². The summed E-state index contributed by atoms with van der Waals surface area (Å²) in [4.78, 5) is 20.5. The van der Waals surface area contributed by atoms with Crippen molar-refractivity contribution in [3.63, 3.8) is 0 Å². The maximum atomic E-state index is 13.5. The smallest absolute Gasteiger partial charge is 0.417 e. The van der Waals surface area contributed by atoms with Gasteiger partial charge in [-0.1, -0.05) is 18.2 Å². The second-order valence-electron chi connectivity index (χ2n) is 7.83. The minimum atomic E-state index is -4.65. The number of oxazole rings is 1. The summed E-state index contributed by atoms with van der Waals surface area (Å²) < 4.78 is 51.6. The second-order valence-corrected chi connectivity index (χ2v) is 7.83. The Balaban J connectivity index is 1.60. The highest BCUT2D eigenvalue weighted by atomic mass is 19.4. The van der Waals surface area contributed by atoms with Gasteiger partial charge in [0.05, 0.1) is 28.9 Å². The first-order valence-electron chi connectivity index (χ1n) is 10.5. The standard InChI is InChI=1S/C24H21F3N4O3/c1-16-22(34-15-29-16)23(32)31-10-9-30(13-19(31)14-33-20-5-3-2-4-6-20)18-8-7-17(12-28)21(11-18)24(25,26)27/h2-8,11,15,19H,9-10,13-14H2,1H3. The zero-order valence-corrected chi connectivity index (χ0v) is 18.2. The Bertz CT molecular complexity index is 1200. The summed E-state index contributed by atoms with van der Waals surface area (Å²) in [7, 11) is 0. The van der Waals surface area contributed by atoms with Crippen LogP contribution in [-0.4, -0.2) is 48.1 Å². The number of aryl methyl sites for hydroxylation is 1. The lowest BCUT2D eigenvalue weighted by Gasteiger charge is -2.42. The molecule has 10 heteroatoms. The van der Waals surface area contributed by atoms with Crippen molar-refractivity contribution in [2.24, 2.45) is 0 Å².